The molecule has 0 saturated heterocycles. The van der Waals surface area contributed by atoms with Crippen molar-refractivity contribution in [3.8, 4) is 5.75 Å². The number of nitrogens with one attached hydrogen (secondary N) is 2. The molecule has 0 aliphatic heterocycles. The number of hydrogen-bond donors (Lipinski definition) is 2. The Hall–Kier alpha value is -1.92. The highest BCUT2D eigenvalue weighted by Gasteiger charge is 2.33. The smallest absolute Gasteiger partial charge is 0.416 e. The number of halogens is 3. The number of benzene rings is 1. The van der Waals surface area contributed by atoms with Crippen molar-refractivity contribution < 1.29 is 17.9 Å². The van der Waals surface area contributed by atoms with E-state index in [2.05, 4.69) is 15.6 Å². The fourth-order valence-electron chi connectivity index (χ4n) is 1.90. The van der Waals surface area contributed by atoms with Gasteiger partial charge in [-0.05, 0) is 38.0 Å². The molecule has 1 unspecified atom stereocenters. The molecule has 7 heteroatoms. The van der Waals surface area contributed by atoms with Gasteiger partial charge in [-0.15, -0.1) is 0 Å². The first-order valence-corrected chi connectivity index (χ1v) is 7.60. The summed E-state index contributed by atoms with van der Waals surface area (Å²) >= 11 is 0. The zero-order valence-corrected chi connectivity index (χ0v) is 13.9. The van der Waals surface area contributed by atoms with Crippen molar-refractivity contribution >= 4 is 5.96 Å². The average Bonchev–Trinajstić information content (AvgIpc) is 2.51. The predicted octanol–water partition coefficient (Wildman–Crippen LogP) is 3.57. The van der Waals surface area contributed by atoms with Gasteiger partial charge in [-0.3, -0.25) is 0 Å². The maximum atomic E-state index is 13.2. The topological polar surface area (TPSA) is 45.7 Å². The van der Waals surface area contributed by atoms with Crippen LogP contribution in [-0.2, 0) is 12.7 Å². The van der Waals surface area contributed by atoms with Gasteiger partial charge >= 0.3 is 6.18 Å². The Morgan fingerprint density at radius 3 is 2.52 bits per heavy atom. The van der Waals surface area contributed by atoms with E-state index in [0.29, 0.717) is 12.5 Å². The van der Waals surface area contributed by atoms with Gasteiger partial charge in [0, 0.05) is 12.6 Å². The van der Waals surface area contributed by atoms with Crippen molar-refractivity contribution in [1.82, 2.24) is 10.6 Å². The predicted molar refractivity (Wildman–Crippen MR) is 85.7 cm³/mol. The number of nitrogens with zero attached hydrogens (tertiary/aromatic N) is 1. The zero-order valence-electron chi connectivity index (χ0n) is 13.9. The third kappa shape index (κ3) is 6.00. The van der Waals surface area contributed by atoms with Crippen LogP contribution in [0, 0.1) is 0 Å². The summed E-state index contributed by atoms with van der Waals surface area (Å²) in [6.07, 6.45) is -3.55. The second kappa shape index (κ2) is 8.64. The Labute approximate surface area is 135 Å². The normalized spacial score (nSPS) is 13.6. The Morgan fingerprint density at radius 1 is 1.30 bits per heavy atom. The third-order valence-electron chi connectivity index (χ3n) is 3.37. The van der Waals surface area contributed by atoms with E-state index in [4.69, 9.17) is 4.74 Å². The van der Waals surface area contributed by atoms with Gasteiger partial charge in [-0.1, -0.05) is 13.0 Å². The van der Waals surface area contributed by atoms with E-state index in [1.54, 1.807) is 0 Å². The molecule has 0 bridgehead atoms. The second-order valence-corrected chi connectivity index (χ2v) is 5.17. The highest BCUT2D eigenvalue weighted by Crippen LogP contribution is 2.34. The summed E-state index contributed by atoms with van der Waals surface area (Å²) in [5.41, 5.74) is -0.611. The van der Waals surface area contributed by atoms with Crippen molar-refractivity contribution in [2.75, 3.05) is 13.7 Å². The number of guanidine groups is 1. The highest BCUT2D eigenvalue weighted by molar-refractivity contribution is 5.80. The lowest BCUT2D eigenvalue weighted by atomic mass is 10.1. The fraction of sp³-hybridized carbons (Fsp3) is 0.562. The molecule has 1 aromatic carbocycles. The van der Waals surface area contributed by atoms with E-state index >= 15 is 0 Å². The number of alkyl halides is 3. The van der Waals surface area contributed by atoms with Gasteiger partial charge in [0.25, 0.3) is 0 Å². The molecule has 1 atom stereocenters. The van der Waals surface area contributed by atoms with E-state index in [0.717, 1.165) is 12.5 Å². The van der Waals surface area contributed by atoms with Crippen molar-refractivity contribution in [1.29, 1.82) is 0 Å². The summed E-state index contributed by atoms with van der Waals surface area (Å²) in [5.74, 6) is 0.681. The van der Waals surface area contributed by atoms with Crippen LogP contribution in [-0.4, -0.2) is 25.7 Å². The minimum absolute atomic E-state index is 0.0649. The number of ether oxygens (including phenoxy) is 1. The van der Waals surface area contributed by atoms with Crippen molar-refractivity contribution in [3.63, 3.8) is 0 Å². The summed E-state index contributed by atoms with van der Waals surface area (Å²) in [5, 5.41) is 6.18. The molecule has 2 N–H and O–H groups in total. The standard InChI is InChI=1S/C16H24F3N3O/c1-5-11(3)22-15(20-6-2)21-10-12-7-8-13(23-4)9-14(12)16(17,18)19/h7-9,11H,5-6,10H2,1-4H3,(H2,20,21,22). The number of aliphatic imine (C=N–C) groups is 1. The molecular weight excluding hydrogens is 307 g/mol. The lowest BCUT2D eigenvalue weighted by Crippen LogP contribution is -2.42. The van der Waals surface area contributed by atoms with Gasteiger partial charge in [0.15, 0.2) is 5.96 Å². The third-order valence-corrected chi connectivity index (χ3v) is 3.37. The molecule has 130 valence electrons. The molecule has 0 heterocycles. The maximum absolute atomic E-state index is 13.2. The first kappa shape index (κ1) is 19.1. The molecular formula is C16H24F3N3O. The average molecular weight is 331 g/mol. The van der Waals surface area contributed by atoms with Gasteiger partial charge in [-0.25, -0.2) is 4.99 Å². The second-order valence-electron chi connectivity index (χ2n) is 5.17. The van der Waals surface area contributed by atoms with Crippen molar-refractivity contribution in [2.45, 2.75) is 46.0 Å². The molecule has 0 aromatic heterocycles. The summed E-state index contributed by atoms with van der Waals surface area (Å²) < 4.78 is 44.4. The van der Waals surface area contributed by atoms with Crippen molar-refractivity contribution in [2.24, 2.45) is 4.99 Å². The first-order valence-electron chi connectivity index (χ1n) is 7.60. The largest absolute Gasteiger partial charge is 0.497 e. The SMILES string of the molecule is CCNC(=NCc1ccc(OC)cc1C(F)(F)F)NC(C)CC. The van der Waals surface area contributed by atoms with Crippen LogP contribution in [0.5, 0.6) is 5.75 Å². The van der Waals surface area contributed by atoms with Crippen LogP contribution in [0.4, 0.5) is 13.2 Å². The molecule has 0 saturated carbocycles. The van der Waals surface area contributed by atoms with E-state index < -0.39 is 11.7 Å². The Kier molecular flexibility index (Phi) is 7.19. The summed E-state index contributed by atoms with van der Waals surface area (Å²) in [7, 11) is 1.34. The van der Waals surface area contributed by atoms with E-state index in [9.17, 15) is 13.2 Å². The molecule has 4 nitrogen and oxygen atoms in total. The van der Waals surface area contributed by atoms with Gasteiger partial charge in [0.2, 0.25) is 0 Å². The van der Waals surface area contributed by atoms with Gasteiger partial charge < -0.3 is 15.4 Å². The Balaban J connectivity index is 3.03. The minimum atomic E-state index is -4.44. The Morgan fingerprint density at radius 2 is 2.00 bits per heavy atom. The molecule has 1 rings (SSSR count). The van der Waals surface area contributed by atoms with E-state index in [-0.39, 0.29) is 23.9 Å². The minimum Gasteiger partial charge on any atom is -0.497 e. The monoisotopic (exact) mass is 331 g/mol. The molecule has 0 amide bonds. The van der Waals surface area contributed by atoms with Crippen LogP contribution >= 0.6 is 0 Å². The fourth-order valence-corrected chi connectivity index (χ4v) is 1.90. The molecule has 0 fully saturated rings. The molecule has 0 aliphatic rings. The van der Waals surface area contributed by atoms with E-state index in [1.807, 2.05) is 20.8 Å². The van der Waals surface area contributed by atoms with Crippen LogP contribution in [0.2, 0.25) is 0 Å². The molecule has 0 spiro atoms. The van der Waals surface area contributed by atoms with Gasteiger partial charge in [0.1, 0.15) is 5.75 Å². The Bertz CT molecular complexity index is 530. The lowest BCUT2D eigenvalue weighted by Gasteiger charge is -2.17. The highest BCUT2D eigenvalue weighted by atomic mass is 19.4. The molecule has 23 heavy (non-hydrogen) atoms. The van der Waals surface area contributed by atoms with Crippen molar-refractivity contribution in [3.05, 3.63) is 29.3 Å². The van der Waals surface area contributed by atoms with E-state index in [1.165, 1.54) is 19.2 Å². The molecule has 1 aromatic rings. The first-order chi connectivity index (χ1) is 10.8. The van der Waals surface area contributed by atoms with Crippen LogP contribution < -0.4 is 15.4 Å². The summed E-state index contributed by atoms with van der Waals surface area (Å²) in [6, 6.07) is 4.10. The summed E-state index contributed by atoms with van der Waals surface area (Å²) in [6.45, 7) is 6.48. The maximum Gasteiger partial charge on any atom is 0.416 e. The summed E-state index contributed by atoms with van der Waals surface area (Å²) in [4.78, 5) is 4.25. The molecule has 0 radical (unpaired) electrons. The van der Waals surface area contributed by atoms with Crippen LogP contribution in [0.1, 0.15) is 38.3 Å². The van der Waals surface area contributed by atoms with Crippen LogP contribution in [0.15, 0.2) is 23.2 Å². The van der Waals surface area contributed by atoms with Gasteiger partial charge in [-0.2, -0.15) is 13.2 Å². The lowest BCUT2D eigenvalue weighted by molar-refractivity contribution is -0.138. The molecule has 0 aliphatic carbocycles. The quantitative estimate of drug-likeness (QED) is 0.619. The zero-order chi connectivity index (χ0) is 17.5. The van der Waals surface area contributed by atoms with Crippen LogP contribution in [0.3, 0.4) is 0 Å². The number of hydrogen-bond acceptors (Lipinski definition) is 2. The van der Waals surface area contributed by atoms with Crippen LogP contribution in [0.25, 0.3) is 0 Å². The van der Waals surface area contributed by atoms with Gasteiger partial charge in [0.05, 0.1) is 19.2 Å². The number of methoxy groups -OCH3 is 1. The number of rotatable bonds is 6.